The molecule has 0 saturated carbocycles. The van der Waals surface area contributed by atoms with Gasteiger partial charge in [0.25, 0.3) is 0 Å². The summed E-state index contributed by atoms with van der Waals surface area (Å²) in [5.41, 5.74) is 1.72. The van der Waals surface area contributed by atoms with Crippen molar-refractivity contribution in [2.24, 2.45) is 0 Å². The average Bonchev–Trinajstić information content (AvgIpc) is 2.61. The first-order valence-electron chi connectivity index (χ1n) is 3.69. The lowest BCUT2D eigenvalue weighted by Crippen LogP contribution is -2.11. The van der Waals surface area contributed by atoms with Gasteiger partial charge in [0.05, 0.1) is 11.9 Å². The molecule has 0 unspecified atom stereocenters. The average molecular weight is 177 g/mol. The van der Waals surface area contributed by atoms with Crippen LogP contribution in [0.15, 0.2) is 17.2 Å². The fraction of sp³-hybridized carbons (Fsp3) is 0.143. The van der Waals surface area contributed by atoms with Crippen molar-refractivity contribution >= 4 is 0 Å². The quantitative estimate of drug-likeness (QED) is 0.634. The third kappa shape index (κ3) is 1.33. The Hall–Kier alpha value is -1.98. The van der Waals surface area contributed by atoms with Crippen LogP contribution < -0.4 is 5.69 Å². The first-order valence-corrected chi connectivity index (χ1v) is 3.69. The second-order valence-electron chi connectivity index (χ2n) is 2.60. The Morgan fingerprint density at radius 1 is 1.38 bits per heavy atom. The van der Waals surface area contributed by atoms with E-state index >= 15 is 0 Å². The maximum atomic E-state index is 10.9. The normalized spacial score (nSPS) is 10.2. The van der Waals surface area contributed by atoms with Gasteiger partial charge in [-0.1, -0.05) is 0 Å². The smallest absolute Gasteiger partial charge is 0.304 e. The number of hydrogen-bond acceptors (Lipinski definition) is 4. The molecule has 0 aliphatic carbocycles. The molecule has 0 aliphatic rings. The highest BCUT2D eigenvalue weighted by Gasteiger charge is 2.05. The molecule has 66 valence electrons. The fourth-order valence-corrected chi connectivity index (χ4v) is 1.05. The van der Waals surface area contributed by atoms with Crippen LogP contribution in [0, 0.1) is 6.92 Å². The van der Waals surface area contributed by atoms with Crippen LogP contribution in [0.3, 0.4) is 0 Å². The van der Waals surface area contributed by atoms with Crippen molar-refractivity contribution in [2.75, 3.05) is 0 Å². The highest BCUT2D eigenvalue weighted by molar-refractivity contribution is 5.55. The topological polar surface area (TPSA) is 87.3 Å². The Bertz CT molecular complexity index is 458. The predicted octanol–water partition coefficient (Wildman–Crippen LogP) is -0.137. The molecule has 2 aromatic heterocycles. The van der Waals surface area contributed by atoms with Gasteiger partial charge in [0.2, 0.25) is 0 Å². The Morgan fingerprint density at radius 2 is 2.23 bits per heavy atom. The van der Waals surface area contributed by atoms with Crippen LogP contribution in [0.25, 0.3) is 11.4 Å². The number of rotatable bonds is 1. The standard InChI is InChI=1S/C7H7N5O/c1-4-2-8-7(13)10-6(4)5-3-9-12-11-5/h2-3H,1H3,(H,8,10,13)(H,9,11,12). The van der Waals surface area contributed by atoms with E-state index in [1.807, 2.05) is 6.92 Å². The number of nitrogens with one attached hydrogen (secondary N) is 2. The van der Waals surface area contributed by atoms with E-state index in [1.165, 1.54) is 12.4 Å². The van der Waals surface area contributed by atoms with Crippen molar-refractivity contribution < 1.29 is 0 Å². The summed E-state index contributed by atoms with van der Waals surface area (Å²) in [6, 6.07) is 0. The van der Waals surface area contributed by atoms with Gasteiger partial charge in [-0.15, -0.1) is 0 Å². The number of aromatic nitrogens is 5. The Morgan fingerprint density at radius 3 is 2.92 bits per heavy atom. The molecule has 0 saturated heterocycles. The van der Waals surface area contributed by atoms with Crippen molar-refractivity contribution in [2.45, 2.75) is 6.92 Å². The van der Waals surface area contributed by atoms with E-state index in [-0.39, 0.29) is 5.69 Å². The van der Waals surface area contributed by atoms with Gasteiger partial charge in [-0.25, -0.2) is 9.78 Å². The summed E-state index contributed by atoms with van der Waals surface area (Å²) in [5.74, 6) is 0. The van der Waals surface area contributed by atoms with Crippen LogP contribution in [0.1, 0.15) is 5.56 Å². The number of nitrogens with zero attached hydrogens (tertiary/aromatic N) is 3. The van der Waals surface area contributed by atoms with E-state index in [2.05, 4.69) is 25.4 Å². The van der Waals surface area contributed by atoms with Crippen LogP contribution in [0.2, 0.25) is 0 Å². The number of aryl methyl sites for hydroxylation is 1. The Kier molecular flexibility index (Phi) is 1.66. The molecular weight excluding hydrogens is 170 g/mol. The van der Waals surface area contributed by atoms with Gasteiger partial charge in [-0.3, -0.25) is 0 Å². The van der Waals surface area contributed by atoms with E-state index in [1.54, 1.807) is 0 Å². The van der Waals surface area contributed by atoms with E-state index in [0.717, 1.165) is 5.56 Å². The third-order valence-electron chi connectivity index (χ3n) is 1.67. The molecule has 13 heavy (non-hydrogen) atoms. The van der Waals surface area contributed by atoms with Gasteiger partial charge >= 0.3 is 5.69 Å². The van der Waals surface area contributed by atoms with Gasteiger partial charge in [-0.05, 0) is 12.5 Å². The van der Waals surface area contributed by atoms with E-state index < -0.39 is 0 Å². The van der Waals surface area contributed by atoms with E-state index in [9.17, 15) is 4.79 Å². The zero-order valence-corrected chi connectivity index (χ0v) is 6.90. The molecule has 6 heteroatoms. The van der Waals surface area contributed by atoms with Gasteiger partial charge in [0, 0.05) is 6.20 Å². The molecule has 0 aliphatic heterocycles. The molecule has 2 heterocycles. The molecule has 0 spiro atoms. The zero-order chi connectivity index (χ0) is 9.26. The number of aromatic amines is 2. The van der Waals surface area contributed by atoms with Crippen LogP contribution in [-0.2, 0) is 0 Å². The molecule has 2 N–H and O–H groups in total. The molecule has 0 aromatic carbocycles. The summed E-state index contributed by atoms with van der Waals surface area (Å²) in [6.45, 7) is 1.84. The summed E-state index contributed by atoms with van der Waals surface area (Å²) in [6.07, 6.45) is 3.04. The SMILES string of the molecule is Cc1cnc(=O)[nH]c1-c1cn[nH]n1. The molecule has 0 fully saturated rings. The van der Waals surface area contributed by atoms with E-state index in [0.29, 0.717) is 11.4 Å². The van der Waals surface area contributed by atoms with Crippen LogP contribution in [0.5, 0.6) is 0 Å². The number of H-pyrrole nitrogens is 2. The molecular formula is C7H7N5O. The molecule has 0 radical (unpaired) electrons. The summed E-state index contributed by atoms with van der Waals surface area (Å²) < 4.78 is 0. The summed E-state index contributed by atoms with van der Waals surface area (Å²) in [5, 5.41) is 9.98. The van der Waals surface area contributed by atoms with Crippen molar-refractivity contribution in [1.82, 2.24) is 25.4 Å². The highest BCUT2D eigenvalue weighted by Crippen LogP contribution is 2.13. The largest absolute Gasteiger partial charge is 0.345 e. The van der Waals surface area contributed by atoms with Gasteiger partial charge in [0.15, 0.2) is 0 Å². The minimum atomic E-state index is -0.386. The summed E-state index contributed by atoms with van der Waals surface area (Å²) in [7, 11) is 0. The Balaban J connectivity index is 2.64. The van der Waals surface area contributed by atoms with Crippen molar-refractivity contribution in [1.29, 1.82) is 0 Å². The Labute approximate surface area is 73.0 Å². The van der Waals surface area contributed by atoms with Crippen molar-refractivity contribution in [3.8, 4) is 11.4 Å². The minimum Gasteiger partial charge on any atom is -0.304 e. The fourth-order valence-electron chi connectivity index (χ4n) is 1.05. The zero-order valence-electron chi connectivity index (χ0n) is 6.90. The predicted molar refractivity (Wildman–Crippen MR) is 45.0 cm³/mol. The third-order valence-corrected chi connectivity index (χ3v) is 1.67. The van der Waals surface area contributed by atoms with Gasteiger partial charge < -0.3 is 4.98 Å². The number of hydrogen-bond donors (Lipinski definition) is 2. The lowest BCUT2D eigenvalue weighted by Gasteiger charge is -1.98. The monoisotopic (exact) mass is 177 g/mol. The lowest BCUT2D eigenvalue weighted by molar-refractivity contribution is 0.938. The summed E-state index contributed by atoms with van der Waals surface area (Å²) in [4.78, 5) is 17.1. The van der Waals surface area contributed by atoms with Gasteiger partial charge in [-0.2, -0.15) is 15.4 Å². The highest BCUT2D eigenvalue weighted by atomic mass is 16.1. The van der Waals surface area contributed by atoms with Crippen molar-refractivity contribution in [3.05, 3.63) is 28.4 Å². The van der Waals surface area contributed by atoms with Crippen LogP contribution >= 0.6 is 0 Å². The van der Waals surface area contributed by atoms with Gasteiger partial charge in [0.1, 0.15) is 5.69 Å². The maximum Gasteiger partial charge on any atom is 0.345 e. The van der Waals surface area contributed by atoms with Crippen LogP contribution in [0.4, 0.5) is 0 Å². The van der Waals surface area contributed by atoms with E-state index in [4.69, 9.17) is 0 Å². The van der Waals surface area contributed by atoms with Crippen LogP contribution in [-0.4, -0.2) is 25.4 Å². The molecule has 0 amide bonds. The second-order valence-corrected chi connectivity index (χ2v) is 2.60. The van der Waals surface area contributed by atoms with Crippen molar-refractivity contribution in [3.63, 3.8) is 0 Å². The first-order chi connectivity index (χ1) is 6.27. The minimum absolute atomic E-state index is 0.386. The first kappa shape index (κ1) is 7.66. The second kappa shape index (κ2) is 2.81. The summed E-state index contributed by atoms with van der Waals surface area (Å²) >= 11 is 0. The maximum absolute atomic E-state index is 10.9. The molecule has 6 nitrogen and oxygen atoms in total. The molecule has 2 aromatic rings. The molecule has 0 bridgehead atoms. The molecule has 0 atom stereocenters. The molecule has 2 rings (SSSR count). The lowest BCUT2D eigenvalue weighted by atomic mass is 10.2.